The van der Waals surface area contributed by atoms with Crippen molar-refractivity contribution in [1.82, 2.24) is 5.32 Å². The van der Waals surface area contributed by atoms with Crippen LogP contribution in [-0.4, -0.2) is 32.3 Å². The van der Waals surface area contributed by atoms with Gasteiger partial charge in [-0.3, -0.25) is 4.79 Å². The summed E-state index contributed by atoms with van der Waals surface area (Å²) >= 11 is 0. The van der Waals surface area contributed by atoms with E-state index in [1.165, 1.54) is 254 Å². The van der Waals surface area contributed by atoms with Crippen LogP contribution in [0.4, 0.5) is 0 Å². The Morgan fingerprint density at radius 2 is 0.805 bits per heavy atom. The van der Waals surface area contributed by atoms with Crippen molar-refractivity contribution in [2.45, 2.75) is 316 Å². The van der Waals surface area contributed by atoms with E-state index in [1.807, 2.05) is 30.3 Å². The highest BCUT2D eigenvalue weighted by atomic mass is 16.5. The summed E-state index contributed by atoms with van der Waals surface area (Å²) in [7, 11) is 1.68. The van der Waals surface area contributed by atoms with Gasteiger partial charge in [0.25, 0.3) is 0 Å². The van der Waals surface area contributed by atoms with E-state index in [2.05, 4.69) is 63.3 Å². The van der Waals surface area contributed by atoms with Gasteiger partial charge in [-0.05, 0) is 81.3 Å². The fraction of sp³-hybridized carbons (Fsp3) is 0.732. The second-order valence-corrected chi connectivity index (χ2v) is 23.5. The normalized spacial score (nSPS) is 12.2. The van der Waals surface area contributed by atoms with E-state index in [4.69, 9.17) is 19.9 Å². The number of amides is 1. The molecule has 0 bridgehead atoms. The second kappa shape index (κ2) is 47.3. The summed E-state index contributed by atoms with van der Waals surface area (Å²) in [6.45, 7) is 10.2. The molecule has 77 heavy (non-hydrogen) atoms. The molecule has 2 atom stereocenters. The lowest BCUT2D eigenvalue weighted by atomic mass is 9.96. The van der Waals surface area contributed by atoms with E-state index in [1.54, 1.807) is 7.11 Å². The van der Waals surface area contributed by atoms with Gasteiger partial charge in [-0.25, -0.2) is 0 Å². The van der Waals surface area contributed by atoms with Gasteiger partial charge in [-0.15, -0.1) is 0 Å². The molecule has 3 aromatic rings. The lowest BCUT2D eigenvalue weighted by Crippen LogP contribution is -2.42. The average molecular weight is 1070 g/mol. The minimum Gasteiger partial charge on any atom is -0.497 e. The quantitative estimate of drug-likeness (QED) is 0.0551. The van der Waals surface area contributed by atoms with Crippen LogP contribution in [0.25, 0.3) is 0 Å². The van der Waals surface area contributed by atoms with Gasteiger partial charge in [0.05, 0.1) is 32.4 Å². The molecule has 0 aliphatic rings. The van der Waals surface area contributed by atoms with E-state index in [0.717, 1.165) is 60.5 Å². The SMILES string of the molecule is CCCCCCCCCCCCCCCCCCCCCCOc1ccc(C(NC(=O)[C@@H](N)CCCc2cc(C)cc(C)c2)c2ccc(OC)cc2)c(OCCCCCCCCCCCCCCCCCCCCCC)c1. The summed E-state index contributed by atoms with van der Waals surface area (Å²) in [6.07, 6.45) is 57.1. The minimum atomic E-state index is -0.632. The fourth-order valence-corrected chi connectivity index (χ4v) is 11.3. The fourth-order valence-electron chi connectivity index (χ4n) is 11.3. The maximum atomic E-state index is 14.0. The average Bonchev–Trinajstić information content (AvgIpc) is 3.43. The number of nitrogens with two attached hydrogens (primary N) is 1. The van der Waals surface area contributed by atoms with E-state index in [-0.39, 0.29) is 5.91 Å². The zero-order valence-corrected chi connectivity index (χ0v) is 51.0. The Hall–Kier alpha value is -3.51. The van der Waals surface area contributed by atoms with Crippen molar-refractivity contribution in [3.63, 3.8) is 0 Å². The van der Waals surface area contributed by atoms with Crippen molar-refractivity contribution in [1.29, 1.82) is 0 Å². The highest BCUT2D eigenvalue weighted by Gasteiger charge is 2.25. The molecular weight excluding hydrogens is 945 g/mol. The minimum absolute atomic E-state index is 0.161. The zero-order chi connectivity index (χ0) is 55.1. The third-order valence-corrected chi connectivity index (χ3v) is 16.2. The zero-order valence-electron chi connectivity index (χ0n) is 51.0. The van der Waals surface area contributed by atoms with Crippen LogP contribution in [0.1, 0.15) is 317 Å². The molecule has 3 N–H and O–H groups in total. The molecule has 0 aliphatic carbocycles. The summed E-state index contributed by atoms with van der Waals surface area (Å²) < 4.78 is 18.6. The molecule has 0 spiro atoms. The van der Waals surface area contributed by atoms with Crippen LogP contribution in [0.5, 0.6) is 17.2 Å². The van der Waals surface area contributed by atoms with Gasteiger partial charge in [0.15, 0.2) is 0 Å². The van der Waals surface area contributed by atoms with Crippen molar-refractivity contribution in [2.75, 3.05) is 20.3 Å². The maximum absolute atomic E-state index is 14.0. The van der Waals surface area contributed by atoms with Crippen LogP contribution in [0.15, 0.2) is 60.7 Å². The molecule has 0 saturated heterocycles. The Balaban J connectivity index is 1.45. The molecule has 6 heteroatoms. The van der Waals surface area contributed by atoms with Gasteiger partial charge in [0.2, 0.25) is 5.91 Å². The number of ether oxygens (including phenoxy) is 3. The van der Waals surface area contributed by atoms with Crippen LogP contribution in [0.2, 0.25) is 0 Å². The Bertz CT molecular complexity index is 1810. The van der Waals surface area contributed by atoms with Crippen LogP contribution < -0.4 is 25.3 Å². The highest BCUT2D eigenvalue weighted by Crippen LogP contribution is 2.35. The summed E-state index contributed by atoms with van der Waals surface area (Å²) in [6, 6.07) is 19.7. The number of hydrogen-bond acceptors (Lipinski definition) is 5. The monoisotopic (exact) mass is 1060 g/mol. The molecule has 0 aromatic heterocycles. The first-order valence-corrected chi connectivity index (χ1v) is 33.0. The number of carbonyl (C=O) groups is 1. The first kappa shape index (κ1) is 67.8. The van der Waals surface area contributed by atoms with Gasteiger partial charge >= 0.3 is 0 Å². The molecule has 0 aliphatic heterocycles. The molecular formula is C71H120N2O4. The molecule has 0 radical (unpaired) electrons. The largest absolute Gasteiger partial charge is 0.497 e. The molecule has 0 saturated carbocycles. The van der Waals surface area contributed by atoms with Gasteiger partial charge in [-0.1, -0.05) is 299 Å². The molecule has 1 unspecified atom stereocenters. The Labute approximate surface area is 475 Å². The summed E-state index contributed by atoms with van der Waals surface area (Å²) in [5.74, 6) is 2.18. The maximum Gasteiger partial charge on any atom is 0.237 e. The number of carbonyl (C=O) groups excluding carboxylic acids is 1. The number of hydrogen-bond donors (Lipinski definition) is 2. The molecule has 3 aromatic carbocycles. The first-order chi connectivity index (χ1) is 37.8. The van der Waals surface area contributed by atoms with Gasteiger partial charge in [0.1, 0.15) is 17.2 Å². The van der Waals surface area contributed by atoms with Crippen molar-refractivity contribution in [2.24, 2.45) is 5.73 Å². The van der Waals surface area contributed by atoms with E-state index in [9.17, 15) is 4.79 Å². The molecule has 6 nitrogen and oxygen atoms in total. The predicted molar refractivity (Wildman–Crippen MR) is 333 cm³/mol. The summed E-state index contributed by atoms with van der Waals surface area (Å²) in [5, 5.41) is 3.36. The number of rotatable bonds is 53. The van der Waals surface area contributed by atoms with Gasteiger partial charge in [-0.2, -0.15) is 0 Å². The van der Waals surface area contributed by atoms with E-state index < -0.39 is 12.1 Å². The Kier molecular flexibility index (Phi) is 41.6. The Morgan fingerprint density at radius 3 is 1.19 bits per heavy atom. The Morgan fingerprint density at radius 1 is 0.442 bits per heavy atom. The smallest absolute Gasteiger partial charge is 0.237 e. The molecule has 438 valence electrons. The molecule has 0 heterocycles. The number of unbranched alkanes of at least 4 members (excludes halogenated alkanes) is 38. The topological polar surface area (TPSA) is 82.8 Å². The van der Waals surface area contributed by atoms with Crippen LogP contribution in [0.3, 0.4) is 0 Å². The standard InChI is InChI=1S/C71H120N2O4/c1-6-8-10-12-14-16-18-20-22-24-26-28-30-32-34-36-38-40-42-44-55-76-66-53-54-67(69(60-66)77-56-45-43-41-39-37-35-33-31-29-27-25-23-21-19-17-15-13-11-9-7-2)70(64-49-51-65(75-5)52-50-64)73-71(74)68(72)48-46-47-63-58-61(3)57-62(4)59-63/h49-54,57-60,68,70H,6-48,55-56,72H2,1-5H3,(H,73,74)/t68-,70?/m0/s1. The predicted octanol–water partition coefficient (Wildman–Crippen LogP) is 21.3. The van der Waals surface area contributed by atoms with Crippen molar-refractivity contribution >= 4 is 5.91 Å². The number of aryl methyl sites for hydroxylation is 3. The number of methoxy groups -OCH3 is 1. The van der Waals surface area contributed by atoms with Crippen molar-refractivity contribution in [3.8, 4) is 17.2 Å². The lowest BCUT2D eigenvalue weighted by Gasteiger charge is -2.25. The van der Waals surface area contributed by atoms with Crippen molar-refractivity contribution < 1.29 is 19.0 Å². The van der Waals surface area contributed by atoms with E-state index >= 15 is 0 Å². The lowest BCUT2D eigenvalue weighted by molar-refractivity contribution is -0.123. The molecule has 1 amide bonds. The summed E-state index contributed by atoms with van der Waals surface area (Å²) in [4.78, 5) is 14.0. The highest BCUT2D eigenvalue weighted by molar-refractivity contribution is 5.82. The number of nitrogens with one attached hydrogen (secondary N) is 1. The molecule has 3 rings (SSSR count). The van der Waals surface area contributed by atoms with Crippen LogP contribution in [0, 0.1) is 13.8 Å². The van der Waals surface area contributed by atoms with Crippen LogP contribution in [-0.2, 0) is 11.2 Å². The third-order valence-electron chi connectivity index (χ3n) is 16.2. The van der Waals surface area contributed by atoms with Gasteiger partial charge < -0.3 is 25.3 Å². The number of benzene rings is 3. The van der Waals surface area contributed by atoms with Crippen molar-refractivity contribution in [3.05, 3.63) is 88.5 Å². The second-order valence-electron chi connectivity index (χ2n) is 23.5. The van der Waals surface area contributed by atoms with Gasteiger partial charge in [0, 0.05) is 11.6 Å². The summed E-state index contributed by atoms with van der Waals surface area (Å²) in [5.41, 5.74) is 12.3. The first-order valence-electron chi connectivity index (χ1n) is 33.0. The van der Waals surface area contributed by atoms with E-state index in [0.29, 0.717) is 19.6 Å². The van der Waals surface area contributed by atoms with Crippen LogP contribution >= 0.6 is 0 Å². The molecule has 0 fully saturated rings. The third kappa shape index (κ3) is 35.0.